The largest absolute Gasteiger partial charge is 0.398 e. The normalized spacial score (nSPS) is 11.6. The van der Waals surface area contributed by atoms with E-state index in [0.717, 1.165) is 18.2 Å². The molecule has 0 unspecified atom stereocenters. The fraction of sp³-hybridized carbons (Fsp3) is 0.0769. The van der Waals surface area contributed by atoms with E-state index in [1.54, 1.807) is 6.07 Å². The van der Waals surface area contributed by atoms with Gasteiger partial charge in [0.25, 0.3) is 0 Å². The molecule has 0 amide bonds. The Labute approximate surface area is 123 Å². The number of sulfone groups is 1. The average Bonchev–Trinajstić information content (AvgIpc) is 2.32. The molecule has 106 valence electrons. The molecule has 0 saturated carbocycles. The lowest BCUT2D eigenvalue weighted by Crippen LogP contribution is -2.09. The number of benzene rings is 2. The van der Waals surface area contributed by atoms with Crippen LogP contribution in [0.5, 0.6) is 0 Å². The van der Waals surface area contributed by atoms with E-state index in [1.165, 1.54) is 12.1 Å². The minimum absolute atomic E-state index is 0.0249. The number of nitrogens with two attached hydrogens (primary N) is 1. The maximum atomic E-state index is 13.7. The molecule has 0 fully saturated rings. The van der Waals surface area contributed by atoms with Crippen LogP contribution in [0.1, 0.15) is 5.56 Å². The molecule has 3 nitrogen and oxygen atoms in total. The number of hydrogen-bond acceptors (Lipinski definition) is 3. The van der Waals surface area contributed by atoms with E-state index in [0.29, 0.717) is 4.47 Å². The van der Waals surface area contributed by atoms with E-state index >= 15 is 0 Å². The molecule has 0 aromatic heterocycles. The summed E-state index contributed by atoms with van der Waals surface area (Å²) in [5.41, 5.74) is 5.34. The summed E-state index contributed by atoms with van der Waals surface area (Å²) in [6.07, 6.45) is 0. The SMILES string of the molecule is Nc1cc(F)ccc1S(=O)(=O)Cc1ccc(Br)cc1F. The van der Waals surface area contributed by atoms with Crippen LogP contribution in [0.25, 0.3) is 0 Å². The molecule has 0 saturated heterocycles. The van der Waals surface area contributed by atoms with Gasteiger partial charge in [0, 0.05) is 10.0 Å². The molecular formula is C13H10BrF2NO2S. The molecule has 2 aromatic carbocycles. The van der Waals surface area contributed by atoms with Gasteiger partial charge in [0.2, 0.25) is 0 Å². The Morgan fingerprint density at radius 3 is 2.40 bits per heavy atom. The van der Waals surface area contributed by atoms with Crippen LogP contribution in [0.4, 0.5) is 14.5 Å². The third-order valence-corrected chi connectivity index (χ3v) is 4.89. The maximum Gasteiger partial charge on any atom is 0.184 e. The fourth-order valence-electron chi connectivity index (χ4n) is 1.72. The highest BCUT2D eigenvalue weighted by atomic mass is 79.9. The highest BCUT2D eigenvalue weighted by Crippen LogP contribution is 2.25. The van der Waals surface area contributed by atoms with E-state index in [2.05, 4.69) is 15.9 Å². The zero-order chi connectivity index (χ0) is 14.9. The van der Waals surface area contributed by atoms with Crippen molar-refractivity contribution in [1.29, 1.82) is 0 Å². The van der Waals surface area contributed by atoms with Crippen LogP contribution in [0.15, 0.2) is 45.8 Å². The van der Waals surface area contributed by atoms with Crippen LogP contribution in [0.3, 0.4) is 0 Å². The van der Waals surface area contributed by atoms with Gasteiger partial charge >= 0.3 is 0 Å². The van der Waals surface area contributed by atoms with Gasteiger partial charge in [-0.3, -0.25) is 0 Å². The molecule has 2 aromatic rings. The van der Waals surface area contributed by atoms with Gasteiger partial charge in [-0.05, 0) is 30.3 Å². The van der Waals surface area contributed by atoms with Crippen LogP contribution < -0.4 is 5.73 Å². The van der Waals surface area contributed by atoms with Gasteiger partial charge in [0.05, 0.1) is 16.3 Å². The van der Waals surface area contributed by atoms with Crippen molar-refractivity contribution >= 4 is 31.5 Å². The van der Waals surface area contributed by atoms with Crippen LogP contribution in [-0.2, 0) is 15.6 Å². The quantitative estimate of drug-likeness (QED) is 0.673. The highest BCUT2D eigenvalue weighted by molar-refractivity contribution is 9.10. The fourth-order valence-corrected chi connectivity index (χ4v) is 3.55. The van der Waals surface area contributed by atoms with Crippen molar-refractivity contribution in [3.8, 4) is 0 Å². The summed E-state index contributed by atoms with van der Waals surface area (Å²) in [5, 5.41) is 0. The molecule has 0 heterocycles. The Bertz CT molecular complexity index is 763. The Morgan fingerprint density at radius 1 is 1.10 bits per heavy atom. The van der Waals surface area contributed by atoms with Gasteiger partial charge in [0.15, 0.2) is 9.84 Å². The standard InChI is InChI=1S/C13H10BrF2NO2S/c14-9-2-1-8(11(16)5-9)7-20(18,19)13-4-3-10(15)6-12(13)17/h1-6H,7,17H2. The first-order valence-electron chi connectivity index (χ1n) is 5.51. The van der Waals surface area contributed by atoms with Gasteiger partial charge in [-0.25, -0.2) is 17.2 Å². The molecule has 20 heavy (non-hydrogen) atoms. The molecule has 0 radical (unpaired) electrons. The van der Waals surface area contributed by atoms with Gasteiger partial charge in [-0.15, -0.1) is 0 Å². The third kappa shape index (κ3) is 3.16. The lowest BCUT2D eigenvalue weighted by molar-refractivity contribution is 0.586. The van der Waals surface area contributed by atoms with Gasteiger partial charge in [-0.2, -0.15) is 0 Å². The van der Waals surface area contributed by atoms with E-state index in [1.807, 2.05) is 0 Å². The van der Waals surface area contributed by atoms with Crippen molar-refractivity contribution < 1.29 is 17.2 Å². The molecule has 2 N–H and O–H groups in total. The zero-order valence-electron chi connectivity index (χ0n) is 10.1. The average molecular weight is 362 g/mol. The molecule has 0 atom stereocenters. The third-order valence-electron chi connectivity index (χ3n) is 2.67. The lowest BCUT2D eigenvalue weighted by Gasteiger charge is -2.08. The monoisotopic (exact) mass is 361 g/mol. The smallest absolute Gasteiger partial charge is 0.184 e. The van der Waals surface area contributed by atoms with Gasteiger partial charge in [-0.1, -0.05) is 22.0 Å². The van der Waals surface area contributed by atoms with Crippen LogP contribution in [0.2, 0.25) is 0 Å². The Morgan fingerprint density at radius 2 is 1.80 bits per heavy atom. The van der Waals surface area contributed by atoms with Crippen molar-refractivity contribution in [2.45, 2.75) is 10.6 Å². The molecular weight excluding hydrogens is 352 g/mol. The van der Waals surface area contributed by atoms with E-state index in [-0.39, 0.29) is 16.1 Å². The minimum atomic E-state index is -3.84. The second-order valence-electron chi connectivity index (χ2n) is 4.18. The topological polar surface area (TPSA) is 60.2 Å². The van der Waals surface area contributed by atoms with E-state index in [4.69, 9.17) is 5.73 Å². The summed E-state index contributed by atoms with van der Waals surface area (Å²) in [7, 11) is -3.84. The summed E-state index contributed by atoms with van der Waals surface area (Å²) < 4.78 is 51.5. The second kappa shape index (κ2) is 5.49. The van der Waals surface area contributed by atoms with Crippen molar-refractivity contribution in [3.63, 3.8) is 0 Å². The number of halogens is 3. The Balaban J connectivity index is 2.41. The van der Waals surface area contributed by atoms with Gasteiger partial charge in [0.1, 0.15) is 11.6 Å². The van der Waals surface area contributed by atoms with Crippen molar-refractivity contribution in [2.75, 3.05) is 5.73 Å². The maximum absolute atomic E-state index is 13.7. The number of nitrogen functional groups attached to an aromatic ring is 1. The molecule has 0 aliphatic carbocycles. The second-order valence-corrected chi connectivity index (χ2v) is 7.05. The van der Waals surface area contributed by atoms with Crippen LogP contribution >= 0.6 is 15.9 Å². The summed E-state index contributed by atoms with van der Waals surface area (Å²) >= 11 is 3.09. The number of hydrogen-bond donors (Lipinski definition) is 1. The summed E-state index contributed by atoms with van der Waals surface area (Å²) in [5.74, 6) is -1.80. The highest BCUT2D eigenvalue weighted by Gasteiger charge is 2.20. The van der Waals surface area contributed by atoms with Gasteiger partial charge < -0.3 is 5.73 Å². The van der Waals surface area contributed by atoms with Crippen LogP contribution in [-0.4, -0.2) is 8.42 Å². The van der Waals surface area contributed by atoms with E-state index in [9.17, 15) is 17.2 Å². The first-order valence-corrected chi connectivity index (χ1v) is 7.96. The molecule has 0 spiro atoms. The number of anilines is 1. The molecule has 2 rings (SSSR count). The Kier molecular flexibility index (Phi) is 4.10. The van der Waals surface area contributed by atoms with Crippen molar-refractivity contribution in [2.24, 2.45) is 0 Å². The summed E-state index contributed by atoms with van der Waals surface area (Å²) in [4.78, 5) is -0.207. The van der Waals surface area contributed by atoms with Crippen molar-refractivity contribution in [1.82, 2.24) is 0 Å². The first kappa shape index (κ1) is 14.9. The summed E-state index contributed by atoms with van der Waals surface area (Å²) in [6.45, 7) is 0. The molecule has 0 aliphatic rings. The summed E-state index contributed by atoms with van der Waals surface area (Å²) in [6, 6.07) is 7.10. The number of rotatable bonds is 3. The lowest BCUT2D eigenvalue weighted by atomic mass is 10.2. The Hall–Kier alpha value is -1.47. The molecule has 7 heteroatoms. The molecule has 0 bridgehead atoms. The predicted molar refractivity (Wildman–Crippen MR) is 75.8 cm³/mol. The van der Waals surface area contributed by atoms with Crippen molar-refractivity contribution in [3.05, 3.63) is 58.1 Å². The zero-order valence-corrected chi connectivity index (χ0v) is 12.5. The minimum Gasteiger partial charge on any atom is -0.398 e. The first-order chi connectivity index (χ1) is 9.29. The van der Waals surface area contributed by atoms with E-state index < -0.39 is 27.2 Å². The molecule has 0 aliphatic heterocycles. The van der Waals surface area contributed by atoms with Crippen LogP contribution in [0, 0.1) is 11.6 Å². The predicted octanol–water partition coefficient (Wildman–Crippen LogP) is 3.28.